The highest BCUT2D eigenvalue weighted by Gasteiger charge is 2.39. The molecule has 0 saturated carbocycles. The molecule has 5 nitrogen and oxygen atoms in total. The second kappa shape index (κ2) is 2.77. The van der Waals surface area contributed by atoms with Crippen molar-refractivity contribution < 1.29 is 14.6 Å². The molecule has 5 heteroatoms. The summed E-state index contributed by atoms with van der Waals surface area (Å²) >= 11 is 0. The van der Waals surface area contributed by atoms with Crippen LogP contribution in [0.5, 0.6) is 0 Å². The van der Waals surface area contributed by atoms with Crippen LogP contribution in [0.4, 0.5) is 0 Å². The van der Waals surface area contributed by atoms with Crippen molar-refractivity contribution in [2.75, 3.05) is 0 Å². The van der Waals surface area contributed by atoms with E-state index in [4.69, 9.17) is 16.2 Å². The van der Waals surface area contributed by atoms with E-state index in [-0.39, 0.29) is 0 Å². The molecule has 4 atom stereocenters. The Labute approximate surface area is 64.3 Å². The van der Waals surface area contributed by atoms with Crippen molar-refractivity contribution in [3.63, 3.8) is 0 Å². The molecule has 1 unspecified atom stereocenters. The first-order valence-electron chi connectivity index (χ1n) is 3.43. The number of hydrogen-bond acceptors (Lipinski definition) is 5. The van der Waals surface area contributed by atoms with E-state index in [1.165, 1.54) is 0 Å². The third kappa shape index (κ3) is 1.35. The number of rotatable bonds is 0. The Hall–Kier alpha value is -0.650. The molecule has 5 N–H and O–H groups in total. The molecular weight excluding hydrogens is 148 g/mol. The SMILES string of the molecule is C[C@H]1OC(=O)C(N)[C@@H](O)[C@H]1N. The molecule has 1 saturated heterocycles. The third-order valence-corrected chi connectivity index (χ3v) is 1.88. The van der Waals surface area contributed by atoms with Gasteiger partial charge in [0.25, 0.3) is 0 Å². The summed E-state index contributed by atoms with van der Waals surface area (Å²) in [4.78, 5) is 10.8. The summed E-state index contributed by atoms with van der Waals surface area (Å²) in [6.45, 7) is 1.62. The molecule has 0 spiro atoms. The minimum Gasteiger partial charge on any atom is -0.460 e. The summed E-state index contributed by atoms with van der Waals surface area (Å²) in [5.41, 5.74) is 10.7. The second-order valence-corrected chi connectivity index (χ2v) is 2.74. The zero-order valence-electron chi connectivity index (χ0n) is 6.23. The van der Waals surface area contributed by atoms with Gasteiger partial charge in [0.2, 0.25) is 0 Å². The fourth-order valence-corrected chi connectivity index (χ4v) is 0.997. The quantitative estimate of drug-likeness (QED) is 0.354. The van der Waals surface area contributed by atoms with Gasteiger partial charge in [0.05, 0.1) is 12.1 Å². The van der Waals surface area contributed by atoms with Crippen molar-refractivity contribution in [1.82, 2.24) is 0 Å². The van der Waals surface area contributed by atoms with Gasteiger partial charge in [-0.2, -0.15) is 0 Å². The topological polar surface area (TPSA) is 98.6 Å². The molecule has 1 fully saturated rings. The van der Waals surface area contributed by atoms with Crippen molar-refractivity contribution in [2.24, 2.45) is 11.5 Å². The summed E-state index contributed by atoms with van der Waals surface area (Å²) in [6.07, 6.45) is -1.46. The maximum atomic E-state index is 10.8. The zero-order valence-corrected chi connectivity index (χ0v) is 6.23. The molecule has 1 aliphatic heterocycles. The fourth-order valence-electron chi connectivity index (χ4n) is 0.997. The predicted molar refractivity (Wildman–Crippen MR) is 37.5 cm³/mol. The van der Waals surface area contributed by atoms with Crippen LogP contribution in [-0.2, 0) is 9.53 Å². The average Bonchev–Trinajstić information content (AvgIpc) is 1.97. The Morgan fingerprint density at radius 3 is 2.64 bits per heavy atom. The van der Waals surface area contributed by atoms with Gasteiger partial charge in [0, 0.05) is 0 Å². The summed E-state index contributed by atoms with van der Waals surface area (Å²) in [7, 11) is 0. The summed E-state index contributed by atoms with van der Waals surface area (Å²) in [6, 6.07) is -1.58. The second-order valence-electron chi connectivity index (χ2n) is 2.74. The highest BCUT2D eigenvalue weighted by Crippen LogP contribution is 2.12. The first kappa shape index (κ1) is 8.45. The number of hydrogen-bond donors (Lipinski definition) is 3. The average molecular weight is 160 g/mol. The number of cyclic esters (lactones) is 1. The number of aliphatic hydroxyl groups is 1. The van der Waals surface area contributed by atoms with Gasteiger partial charge < -0.3 is 21.3 Å². The standard InChI is InChI=1S/C6H12N2O3/c1-2-3(7)5(9)4(8)6(10)11-2/h2-5,9H,7-8H2,1H3/t2-,3+,4?,5+/m1/s1. The third-order valence-electron chi connectivity index (χ3n) is 1.88. The van der Waals surface area contributed by atoms with E-state index in [2.05, 4.69) is 0 Å². The molecule has 0 bridgehead atoms. The van der Waals surface area contributed by atoms with Crippen LogP contribution in [0.25, 0.3) is 0 Å². The normalized spacial score (nSPS) is 45.3. The van der Waals surface area contributed by atoms with Crippen molar-refractivity contribution in [3.05, 3.63) is 0 Å². The molecule has 0 radical (unpaired) electrons. The number of esters is 1. The maximum absolute atomic E-state index is 10.8. The monoisotopic (exact) mass is 160 g/mol. The summed E-state index contributed by atoms with van der Waals surface area (Å²) in [5, 5.41) is 9.24. The minimum atomic E-state index is -0.999. The van der Waals surface area contributed by atoms with Gasteiger partial charge in [0.15, 0.2) is 0 Å². The number of aliphatic hydroxyl groups excluding tert-OH is 1. The van der Waals surface area contributed by atoms with Gasteiger partial charge in [-0.15, -0.1) is 0 Å². The Bertz CT molecular complexity index is 173. The maximum Gasteiger partial charge on any atom is 0.326 e. The van der Waals surface area contributed by atoms with Crippen molar-refractivity contribution in [2.45, 2.75) is 31.2 Å². The highest BCUT2D eigenvalue weighted by molar-refractivity contribution is 5.77. The lowest BCUT2D eigenvalue weighted by Crippen LogP contribution is -2.61. The van der Waals surface area contributed by atoms with Crippen LogP contribution in [0, 0.1) is 0 Å². The largest absolute Gasteiger partial charge is 0.460 e. The lowest BCUT2D eigenvalue weighted by molar-refractivity contribution is -0.163. The van der Waals surface area contributed by atoms with Gasteiger partial charge in [-0.1, -0.05) is 0 Å². The fraction of sp³-hybridized carbons (Fsp3) is 0.833. The molecule has 0 aliphatic carbocycles. The Balaban J connectivity index is 2.70. The van der Waals surface area contributed by atoms with E-state index in [0.29, 0.717) is 0 Å². The van der Waals surface area contributed by atoms with Gasteiger partial charge in [-0.25, -0.2) is 0 Å². The molecular formula is C6H12N2O3. The van der Waals surface area contributed by atoms with Gasteiger partial charge in [-0.05, 0) is 6.92 Å². The van der Waals surface area contributed by atoms with Crippen LogP contribution < -0.4 is 11.5 Å². The van der Waals surface area contributed by atoms with E-state index >= 15 is 0 Å². The van der Waals surface area contributed by atoms with Gasteiger partial charge in [-0.3, -0.25) is 4.79 Å². The smallest absolute Gasteiger partial charge is 0.326 e. The molecule has 0 aromatic heterocycles. The first-order chi connectivity index (χ1) is 5.04. The number of nitrogens with two attached hydrogens (primary N) is 2. The molecule has 0 aromatic rings. The van der Waals surface area contributed by atoms with E-state index in [9.17, 15) is 9.90 Å². The van der Waals surface area contributed by atoms with Crippen LogP contribution >= 0.6 is 0 Å². The van der Waals surface area contributed by atoms with E-state index in [1.54, 1.807) is 6.92 Å². The number of carbonyl (C=O) groups is 1. The minimum absolute atomic E-state index is 0.461. The lowest BCUT2D eigenvalue weighted by atomic mass is 9.97. The van der Waals surface area contributed by atoms with Crippen LogP contribution in [0.3, 0.4) is 0 Å². The van der Waals surface area contributed by atoms with E-state index < -0.39 is 30.3 Å². The van der Waals surface area contributed by atoms with Crippen molar-refractivity contribution in [3.8, 4) is 0 Å². The lowest BCUT2D eigenvalue weighted by Gasteiger charge is -2.33. The molecule has 11 heavy (non-hydrogen) atoms. The van der Waals surface area contributed by atoms with Crippen molar-refractivity contribution >= 4 is 5.97 Å². The summed E-state index contributed by atoms with van der Waals surface area (Å²) < 4.78 is 4.73. The Morgan fingerprint density at radius 2 is 2.09 bits per heavy atom. The Morgan fingerprint density at radius 1 is 1.55 bits per heavy atom. The molecule has 1 aliphatic rings. The van der Waals surface area contributed by atoms with E-state index in [1.807, 2.05) is 0 Å². The first-order valence-corrected chi connectivity index (χ1v) is 3.43. The molecule has 1 heterocycles. The van der Waals surface area contributed by atoms with Crippen molar-refractivity contribution in [1.29, 1.82) is 0 Å². The molecule has 1 rings (SSSR count). The number of ether oxygens (including phenoxy) is 1. The highest BCUT2D eigenvalue weighted by atomic mass is 16.5. The molecule has 64 valence electrons. The van der Waals surface area contributed by atoms with Crippen LogP contribution in [0.1, 0.15) is 6.92 Å². The van der Waals surface area contributed by atoms with Gasteiger partial charge >= 0.3 is 5.97 Å². The number of carbonyl (C=O) groups excluding carboxylic acids is 1. The van der Waals surface area contributed by atoms with Crippen LogP contribution in [0.15, 0.2) is 0 Å². The summed E-state index contributed by atoms with van der Waals surface area (Å²) in [5.74, 6) is -0.591. The predicted octanol–water partition coefficient (Wildman–Crippen LogP) is -2.05. The molecule has 0 aromatic carbocycles. The van der Waals surface area contributed by atoms with Crippen LogP contribution in [0.2, 0.25) is 0 Å². The van der Waals surface area contributed by atoms with Gasteiger partial charge in [0.1, 0.15) is 12.1 Å². The van der Waals surface area contributed by atoms with Crippen LogP contribution in [-0.4, -0.2) is 35.4 Å². The zero-order chi connectivity index (χ0) is 8.59. The Kier molecular flexibility index (Phi) is 2.12. The van der Waals surface area contributed by atoms with E-state index in [0.717, 1.165) is 0 Å². The molecule has 0 amide bonds.